The van der Waals surface area contributed by atoms with E-state index in [-0.39, 0.29) is 4.25 Å². The highest BCUT2D eigenvalue weighted by Crippen LogP contribution is 2.53. The molecule has 2 rings (SSSR count). The Morgan fingerprint density at radius 1 is 1.24 bits per heavy atom. The van der Waals surface area contributed by atoms with Crippen LogP contribution >= 0.6 is 7.75 Å². The van der Waals surface area contributed by atoms with E-state index in [4.69, 9.17) is 4.52 Å². The van der Waals surface area contributed by atoms with Crippen LogP contribution in [0.5, 0.6) is 5.75 Å². The zero-order valence-corrected chi connectivity index (χ0v) is 11.2. The first-order chi connectivity index (χ1) is 7.93. The van der Waals surface area contributed by atoms with E-state index < -0.39 is 7.75 Å². The molecule has 0 radical (unpaired) electrons. The summed E-state index contributed by atoms with van der Waals surface area (Å²) in [4.78, 5) is 10.1. The number of aryl methyl sites for hydroxylation is 1. The van der Waals surface area contributed by atoms with Gasteiger partial charge in [0.15, 0.2) is 0 Å². The molecule has 1 N–H and O–H groups in total. The van der Waals surface area contributed by atoms with E-state index in [1.165, 1.54) is 0 Å². The average molecular weight is 256 g/mol. The summed E-state index contributed by atoms with van der Waals surface area (Å²) in [5, 5.41) is 0. The molecule has 0 aliphatic carbocycles. The van der Waals surface area contributed by atoms with E-state index in [1.54, 1.807) is 19.2 Å². The molecule has 4 nitrogen and oxygen atoms in total. The molecule has 0 aromatic heterocycles. The van der Waals surface area contributed by atoms with Gasteiger partial charge in [0.25, 0.3) is 0 Å². The van der Waals surface area contributed by atoms with E-state index in [9.17, 15) is 9.46 Å². The summed E-state index contributed by atoms with van der Waals surface area (Å²) >= 11 is 0. The van der Waals surface area contributed by atoms with Gasteiger partial charge in [0.1, 0.15) is 5.75 Å². The maximum Gasteiger partial charge on any atom is 0.584 e. The van der Waals surface area contributed by atoms with Gasteiger partial charge in [-0.25, -0.2) is 4.25 Å². The van der Waals surface area contributed by atoms with E-state index in [2.05, 4.69) is 0 Å². The summed E-state index contributed by atoms with van der Waals surface area (Å²) in [5.74, 6) is 0.465. The van der Waals surface area contributed by atoms with Crippen molar-refractivity contribution < 1.29 is 18.2 Å². The SMILES string of the molecule is Cc1ccc(OP(=O)(O)[N+]2(C)CCCC2)cc1. The lowest BCUT2D eigenvalue weighted by Gasteiger charge is -2.31. The molecule has 0 amide bonds. The fourth-order valence-corrected chi connectivity index (χ4v) is 3.49. The van der Waals surface area contributed by atoms with Crippen molar-refractivity contribution in [2.24, 2.45) is 0 Å². The van der Waals surface area contributed by atoms with Crippen LogP contribution in [-0.2, 0) is 4.57 Å². The van der Waals surface area contributed by atoms with Gasteiger partial charge in [-0.1, -0.05) is 17.7 Å². The zero-order chi connectivity index (χ0) is 12.5. The molecule has 1 aromatic carbocycles. The molecular formula is C12H19NO3P+. The highest BCUT2D eigenvalue weighted by atomic mass is 31.2. The topological polar surface area (TPSA) is 46.5 Å². The molecule has 1 atom stereocenters. The molecule has 1 aromatic rings. The first-order valence-electron chi connectivity index (χ1n) is 5.87. The lowest BCUT2D eigenvalue weighted by atomic mass is 10.2. The van der Waals surface area contributed by atoms with Crippen LogP contribution in [0.2, 0.25) is 0 Å². The van der Waals surface area contributed by atoms with Crippen LogP contribution in [0, 0.1) is 6.92 Å². The van der Waals surface area contributed by atoms with Crippen LogP contribution in [0.1, 0.15) is 18.4 Å². The standard InChI is InChI=1S/C12H18NO3P/c1-11-5-7-12(8-6-11)16-17(14,15)13(2)9-3-4-10-13/h5-8H,3-4,9-10H2,1-2H3/p+1. The summed E-state index contributed by atoms with van der Waals surface area (Å²) < 4.78 is 17.8. The Labute approximate surface area is 102 Å². The van der Waals surface area contributed by atoms with Crippen LogP contribution in [0.25, 0.3) is 0 Å². The second kappa shape index (κ2) is 4.45. The highest BCUT2D eigenvalue weighted by molar-refractivity contribution is 7.47. The van der Waals surface area contributed by atoms with E-state index in [0.29, 0.717) is 18.8 Å². The first-order valence-corrected chi connectivity index (χ1v) is 7.40. The molecule has 0 spiro atoms. The van der Waals surface area contributed by atoms with Crippen molar-refractivity contribution in [2.45, 2.75) is 19.8 Å². The minimum Gasteiger partial charge on any atom is -0.382 e. The Morgan fingerprint density at radius 3 is 2.29 bits per heavy atom. The molecular weight excluding hydrogens is 237 g/mol. The smallest absolute Gasteiger partial charge is 0.382 e. The second-order valence-electron chi connectivity index (χ2n) is 4.89. The predicted octanol–water partition coefficient (Wildman–Crippen LogP) is 2.71. The quantitative estimate of drug-likeness (QED) is 0.846. The maximum atomic E-state index is 12.3. The Hall–Kier alpha value is -0.830. The maximum absolute atomic E-state index is 12.3. The molecule has 1 aliphatic rings. The van der Waals surface area contributed by atoms with Crippen LogP contribution in [0.4, 0.5) is 0 Å². The molecule has 0 bridgehead atoms. The lowest BCUT2D eigenvalue weighted by Crippen LogP contribution is -2.38. The van der Waals surface area contributed by atoms with Crippen molar-refractivity contribution in [3.05, 3.63) is 29.8 Å². The lowest BCUT2D eigenvalue weighted by molar-refractivity contribution is -0.788. The monoisotopic (exact) mass is 256 g/mol. The fourth-order valence-electron chi connectivity index (χ4n) is 2.10. The normalized spacial score (nSPS) is 22.1. The molecule has 1 fully saturated rings. The summed E-state index contributed by atoms with van der Waals surface area (Å²) in [7, 11) is -1.86. The van der Waals surface area contributed by atoms with Crippen LogP contribution in [0.3, 0.4) is 0 Å². The Morgan fingerprint density at radius 2 is 1.76 bits per heavy atom. The molecule has 1 heterocycles. The molecule has 17 heavy (non-hydrogen) atoms. The van der Waals surface area contributed by atoms with Crippen molar-refractivity contribution in [3.63, 3.8) is 0 Å². The second-order valence-corrected chi connectivity index (χ2v) is 7.02. The van der Waals surface area contributed by atoms with E-state index >= 15 is 0 Å². The van der Waals surface area contributed by atoms with Crippen LogP contribution in [-0.4, -0.2) is 29.3 Å². The third kappa shape index (κ3) is 2.54. The van der Waals surface area contributed by atoms with Crippen molar-refractivity contribution in [1.29, 1.82) is 0 Å². The Kier molecular flexibility index (Phi) is 3.30. The number of rotatable bonds is 3. The predicted molar refractivity (Wildman–Crippen MR) is 66.8 cm³/mol. The van der Waals surface area contributed by atoms with Gasteiger partial charge in [-0.2, -0.15) is 4.57 Å². The molecule has 1 aliphatic heterocycles. The Balaban J connectivity index is 2.17. The minimum atomic E-state index is -3.65. The van der Waals surface area contributed by atoms with Gasteiger partial charge in [-0.05, 0) is 19.1 Å². The van der Waals surface area contributed by atoms with Crippen LogP contribution in [0.15, 0.2) is 24.3 Å². The van der Waals surface area contributed by atoms with Gasteiger partial charge in [-0.15, -0.1) is 0 Å². The van der Waals surface area contributed by atoms with Gasteiger partial charge in [0, 0.05) is 12.8 Å². The number of nitrogens with zero attached hydrogens (tertiary/aromatic N) is 1. The number of benzene rings is 1. The summed E-state index contributed by atoms with van der Waals surface area (Å²) in [6, 6.07) is 7.22. The highest BCUT2D eigenvalue weighted by Gasteiger charge is 2.48. The van der Waals surface area contributed by atoms with Crippen molar-refractivity contribution in [3.8, 4) is 5.75 Å². The number of hydrogen-bond donors (Lipinski definition) is 1. The summed E-state index contributed by atoms with van der Waals surface area (Å²) in [6.07, 6.45) is 1.97. The average Bonchev–Trinajstić information content (AvgIpc) is 2.70. The van der Waals surface area contributed by atoms with Gasteiger partial charge >= 0.3 is 7.75 Å². The number of likely N-dealkylation sites (tertiary alicyclic amines) is 1. The van der Waals surface area contributed by atoms with E-state index in [0.717, 1.165) is 18.4 Å². The first kappa shape index (κ1) is 12.6. The van der Waals surface area contributed by atoms with Gasteiger partial charge in [0.2, 0.25) is 0 Å². The third-order valence-corrected chi connectivity index (χ3v) is 5.45. The fraction of sp³-hybridized carbons (Fsp3) is 0.500. The van der Waals surface area contributed by atoms with Gasteiger partial charge in [-0.3, -0.25) is 4.89 Å². The zero-order valence-electron chi connectivity index (χ0n) is 10.3. The molecule has 0 saturated carbocycles. The summed E-state index contributed by atoms with van der Waals surface area (Å²) in [6.45, 7) is 3.38. The number of hydrogen-bond acceptors (Lipinski definition) is 2. The van der Waals surface area contributed by atoms with Crippen molar-refractivity contribution in [2.75, 3.05) is 20.1 Å². The molecule has 5 heteroatoms. The third-order valence-electron chi connectivity index (χ3n) is 3.39. The largest absolute Gasteiger partial charge is 0.584 e. The van der Waals surface area contributed by atoms with E-state index in [1.807, 2.05) is 19.1 Å². The number of quaternary nitrogens is 1. The van der Waals surface area contributed by atoms with Gasteiger partial charge < -0.3 is 4.52 Å². The minimum absolute atomic E-state index is 0.126. The molecule has 1 unspecified atom stereocenters. The van der Waals surface area contributed by atoms with Crippen LogP contribution < -0.4 is 4.52 Å². The van der Waals surface area contributed by atoms with Crippen molar-refractivity contribution >= 4 is 7.75 Å². The molecule has 94 valence electrons. The summed E-state index contributed by atoms with van der Waals surface area (Å²) in [5.41, 5.74) is 1.10. The van der Waals surface area contributed by atoms with Crippen molar-refractivity contribution in [1.82, 2.24) is 0 Å². The Bertz CT molecular complexity index is 438. The van der Waals surface area contributed by atoms with Gasteiger partial charge in [0.05, 0.1) is 20.1 Å². The molecule has 1 saturated heterocycles.